The van der Waals surface area contributed by atoms with Crippen molar-refractivity contribution in [3.8, 4) is 5.88 Å². The van der Waals surface area contributed by atoms with Gasteiger partial charge in [0.1, 0.15) is 0 Å². The fourth-order valence-electron chi connectivity index (χ4n) is 1.94. The van der Waals surface area contributed by atoms with Gasteiger partial charge in [0.2, 0.25) is 5.88 Å². The Labute approximate surface area is 124 Å². The number of hydrogen-bond acceptors (Lipinski definition) is 6. The molecule has 21 heavy (non-hydrogen) atoms. The summed E-state index contributed by atoms with van der Waals surface area (Å²) in [5.74, 6) is -2.05. The second kappa shape index (κ2) is 8.14. The van der Waals surface area contributed by atoms with E-state index in [4.69, 9.17) is 14.9 Å². The Hall–Kier alpha value is -2.24. The number of Topliss-reactive ketones (excluding diaryl/α,β-unsaturated/α-hetero) is 1. The number of nitrogens with one attached hydrogen (secondary N) is 1. The molecule has 0 aliphatic heterocycles. The number of aromatic nitrogens is 1. The number of methoxy groups -OCH3 is 1. The Balaban J connectivity index is 3.15. The van der Waals surface area contributed by atoms with Crippen LogP contribution in [0.3, 0.4) is 0 Å². The molecule has 1 atom stereocenters. The van der Waals surface area contributed by atoms with Crippen LogP contribution < -0.4 is 4.74 Å². The molecule has 1 heterocycles. The van der Waals surface area contributed by atoms with E-state index in [0.717, 1.165) is 0 Å². The molecule has 0 aliphatic rings. The van der Waals surface area contributed by atoms with Crippen molar-refractivity contribution in [3.63, 3.8) is 0 Å². The Bertz CT molecular complexity index is 510. The van der Waals surface area contributed by atoms with Crippen LogP contribution in [0.25, 0.3) is 0 Å². The van der Waals surface area contributed by atoms with Gasteiger partial charge < -0.3 is 14.9 Å². The van der Waals surface area contributed by atoms with Crippen LogP contribution in [0.1, 0.15) is 32.3 Å². The predicted molar refractivity (Wildman–Crippen MR) is 77.7 cm³/mol. The van der Waals surface area contributed by atoms with Crippen LogP contribution in [0.5, 0.6) is 5.88 Å². The summed E-state index contributed by atoms with van der Waals surface area (Å²) in [6.45, 7) is 3.66. The highest BCUT2D eigenvalue weighted by Crippen LogP contribution is 2.21. The molecule has 0 bridgehead atoms. The van der Waals surface area contributed by atoms with Gasteiger partial charge in [-0.25, -0.2) is 4.98 Å². The van der Waals surface area contributed by atoms with E-state index in [1.165, 1.54) is 13.3 Å². The summed E-state index contributed by atoms with van der Waals surface area (Å²) >= 11 is 0. The maximum Gasteiger partial charge on any atom is 0.322 e. The van der Waals surface area contributed by atoms with E-state index >= 15 is 0 Å². The first-order valence-electron chi connectivity index (χ1n) is 6.83. The molecule has 114 valence electrons. The molecule has 0 fully saturated rings. The third-order valence-electron chi connectivity index (χ3n) is 2.88. The Morgan fingerprint density at radius 2 is 2.10 bits per heavy atom. The first kappa shape index (κ1) is 16.8. The van der Waals surface area contributed by atoms with Gasteiger partial charge in [-0.1, -0.05) is 6.92 Å². The molecule has 1 unspecified atom stereocenters. The highest BCUT2D eigenvalue weighted by molar-refractivity contribution is 6.24. The van der Waals surface area contributed by atoms with E-state index in [-0.39, 0.29) is 30.4 Å². The normalized spacial score (nSPS) is 11.6. The quantitative estimate of drug-likeness (QED) is 0.449. The number of esters is 1. The number of carbonyl (C=O) groups excluding carboxylic acids is 2. The van der Waals surface area contributed by atoms with Gasteiger partial charge in [0.05, 0.1) is 25.0 Å². The van der Waals surface area contributed by atoms with Crippen molar-refractivity contribution in [2.24, 2.45) is 5.92 Å². The van der Waals surface area contributed by atoms with Crippen LogP contribution in [0.15, 0.2) is 18.3 Å². The minimum absolute atomic E-state index is 0.142. The zero-order valence-electron chi connectivity index (χ0n) is 12.5. The standard InChI is InChI=1S/C15H20N2O4/c1-4-7-11(18)12(15(19)21-5-2)13(16)10-8-6-9-17-14(10)20-3/h6,8-9,12,16H,4-5,7H2,1-3H3. The molecule has 0 radical (unpaired) electrons. The van der Waals surface area contributed by atoms with Gasteiger partial charge in [0.25, 0.3) is 0 Å². The van der Waals surface area contributed by atoms with Gasteiger partial charge >= 0.3 is 5.97 Å². The van der Waals surface area contributed by atoms with E-state index in [1.54, 1.807) is 19.1 Å². The number of hydrogen-bond donors (Lipinski definition) is 1. The van der Waals surface area contributed by atoms with Gasteiger partial charge in [-0.05, 0) is 25.5 Å². The van der Waals surface area contributed by atoms with Crippen LogP contribution >= 0.6 is 0 Å². The van der Waals surface area contributed by atoms with Crippen LogP contribution in [-0.2, 0) is 14.3 Å². The van der Waals surface area contributed by atoms with Crippen molar-refractivity contribution < 1.29 is 19.1 Å². The SMILES string of the molecule is CCCC(=O)C(C(=N)c1cccnc1OC)C(=O)OCC. The molecule has 0 amide bonds. The van der Waals surface area contributed by atoms with Gasteiger partial charge in [-0.2, -0.15) is 0 Å². The monoisotopic (exact) mass is 292 g/mol. The predicted octanol–water partition coefficient (Wildman–Crippen LogP) is 2.01. The number of ketones is 1. The summed E-state index contributed by atoms with van der Waals surface area (Å²) in [5, 5.41) is 8.21. The van der Waals surface area contributed by atoms with Gasteiger partial charge in [-0.15, -0.1) is 0 Å². The lowest BCUT2D eigenvalue weighted by molar-refractivity contribution is -0.148. The van der Waals surface area contributed by atoms with E-state index in [9.17, 15) is 9.59 Å². The van der Waals surface area contributed by atoms with Gasteiger partial charge in [0, 0.05) is 12.6 Å². The number of nitrogens with zero attached hydrogens (tertiary/aromatic N) is 1. The molecule has 0 aromatic carbocycles. The molecule has 0 saturated heterocycles. The summed E-state index contributed by atoms with van der Waals surface area (Å²) in [4.78, 5) is 28.2. The molecular formula is C15H20N2O4. The zero-order chi connectivity index (χ0) is 15.8. The number of carbonyl (C=O) groups is 2. The van der Waals surface area contributed by atoms with Crippen molar-refractivity contribution in [2.75, 3.05) is 13.7 Å². The lowest BCUT2D eigenvalue weighted by atomic mass is 9.91. The van der Waals surface area contributed by atoms with E-state index in [0.29, 0.717) is 12.0 Å². The largest absolute Gasteiger partial charge is 0.481 e. The van der Waals surface area contributed by atoms with Gasteiger partial charge in [0.15, 0.2) is 11.7 Å². The van der Waals surface area contributed by atoms with Crippen molar-refractivity contribution in [2.45, 2.75) is 26.7 Å². The second-order valence-electron chi connectivity index (χ2n) is 4.38. The minimum atomic E-state index is -1.23. The summed E-state index contributed by atoms with van der Waals surface area (Å²) in [7, 11) is 1.42. The average Bonchev–Trinajstić information content (AvgIpc) is 2.47. The molecule has 1 rings (SSSR count). The van der Waals surface area contributed by atoms with Crippen molar-refractivity contribution in [3.05, 3.63) is 23.9 Å². The van der Waals surface area contributed by atoms with E-state index in [2.05, 4.69) is 4.98 Å². The number of pyridine rings is 1. The summed E-state index contributed by atoms with van der Waals surface area (Å²) in [5.41, 5.74) is 0.180. The fourth-order valence-corrected chi connectivity index (χ4v) is 1.94. The Morgan fingerprint density at radius 3 is 2.67 bits per heavy atom. The second-order valence-corrected chi connectivity index (χ2v) is 4.38. The minimum Gasteiger partial charge on any atom is -0.481 e. The smallest absolute Gasteiger partial charge is 0.322 e. The maximum absolute atomic E-state index is 12.2. The molecule has 0 spiro atoms. The third kappa shape index (κ3) is 4.11. The zero-order valence-corrected chi connectivity index (χ0v) is 12.5. The number of rotatable bonds is 8. The first-order valence-corrected chi connectivity index (χ1v) is 6.83. The summed E-state index contributed by atoms with van der Waals surface area (Å²) in [6.07, 6.45) is 2.34. The van der Waals surface area contributed by atoms with Crippen molar-refractivity contribution in [1.29, 1.82) is 5.41 Å². The third-order valence-corrected chi connectivity index (χ3v) is 2.88. The maximum atomic E-state index is 12.2. The molecule has 1 aromatic rings. The lowest BCUT2D eigenvalue weighted by Gasteiger charge is -2.16. The molecule has 0 saturated carbocycles. The summed E-state index contributed by atoms with van der Waals surface area (Å²) in [6, 6.07) is 3.22. The Morgan fingerprint density at radius 1 is 1.38 bits per heavy atom. The van der Waals surface area contributed by atoms with Crippen LogP contribution in [-0.4, -0.2) is 36.2 Å². The molecule has 1 aromatic heterocycles. The molecular weight excluding hydrogens is 272 g/mol. The summed E-state index contributed by atoms with van der Waals surface area (Å²) < 4.78 is 10.0. The average molecular weight is 292 g/mol. The van der Waals surface area contributed by atoms with E-state index in [1.807, 2.05) is 6.92 Å². The lowest BCUT2D eigenvalue weighted by Crippen LogP contribution is -2.33. The Kier molecular flexibility index (Phi) is 6.52. The van der Waals surface area contributed by atoms with Gasteiger partial charge in [-0.3, -0.25) is 9.59 Å². The van der Waals surface area contributed by atoms with Crippen LogP contribution in [0, 0.1) is 11.3 Å². The van der Waals surface area contributed by atoms with Crippen LogP contribution in [0.2, 0.25) is 0 Å². The number of ether oxygens (including phenoxy) is 2. The van der Waals surface area contributed by atoms with E-state index < -0.39 is 11.9 Å². The molecule has 0 aliphatic carbocycles. The van der Waals surface area contributed by atoms with Crippen LogP contribution in [0.4, 0.5) is 0 Å². The first-order chi connectivity index (χ1) is 10.1. The van der Waals surface area contributed by atoms with Crippen molar-refractivity contribution >= 4 is 17.5 Å². The highest BCUT2D eigenvalue weighted by atomic mass is 16.5. The fraction of sp³-hybridized carbons (Fsp3) is 0.467. The highest BCUT2D eigenvalue weighted by Gasteiger charge is 2.33. The molecule has 6 nitrogen and oxygen atoms in total. The molecule has 1 N–H and O–H groups in total. The topological polar surface area (TPSA) is 89.3 Å². The molecule has 6 heteroatoms. The van der Waals surface area contributed by atoms with Crippen molar-refractivity contribution in [1.82, 2.24) is 4.98 Å².